The van der Waals surface area contributed by atoms with Crippen LogP contribution in [0.5, 0.6) is 0 Å². The fraction of sp³-hybridized carbons (Fsp3) is 0.306. The van der Waals surface area contributed by atoms with Gasteiger partial charge >= 0.3 is 6.18 Å². The summed E-state index contributed by atoms with van der Waals surface area (Å²) in [6.45, 7) is 3.23. The van der Waals surface area contributed by atoms with Gasteiger partial charge in [0.2, 0.25) is 5.91 Å². The van der Waals surface area contributed by atoms with E-state index in [-0.39, 0.29) is 0 Å². The van der Waals surface area contributed by atoms with Crippen LogP contribution >= 0.6 is 11.6 Å². The van der Waals surface area contributed by atoms with Gasteiger partial charge in [0.25, 0.3) is 0 Å². The van der Waals surface area contributed by atoms with Crippen molar-refractivity contribution in [1.82, 2.24) is 10.2 Å². The standard InChI is InChI=1S/C36H35ClF3N3O/c37-28-9-7-8-27(24-28)26-14-16-29(17-15-26)43-22-20-42(21-23-43)19-6-5-18-35(34(44)41-25-36(38,39)40)32-12-3-1-10-30(32)31-11-2-4-13-33(31)35/h1-4,7-17,24H,5-6,18-23,25H2,(H,41,44). The minimum atomic E-state index is -4.48. The molecule has 0 atom stereocenters. The Hall–Kier alpha value is -3.81. The molecular weight excluding hydrogens is 583 g/mol. The van der Waals surface area contributed by atoms with Crippen LogP contribution in [0.15, 0.2) is 97.1 Å². The number of hydrogen-bond donors (Lipinski definition) is 1. The van der Waals surface area contributed by atoms with Crippen LogP contribution in [0.2, 0.25) is 5.02 Å². The van der Waals surface area contributed by atoms with Crippen molar-refractivity contribution < 1.29 is 18.0 Å². The molecule has 0 unspecified atom stereocenters. The Morgan fingerprint density at radius 3 is 2.02 bits per heavy atom. The molecule has 1 aliphatic heterocycles. The van der Waals surface area contributed by atoms with E-state index in [9.17, 15) is 18.0 Å². The molecule has 44 heavy (non-hydrogen) atoms. The van der Waals surface area contributed by atoms with Crippen molar-refractivity contribution in [2.45, 2.75) is 30.9 Å². The summed E-state index contributed by atoms with van der Waals surface area (Å²) in [6.07, 6.45) is -2.46. The van der Waals surface area contributed by atoms with E-state index in [0.717, 1.165) is 77.5 Å². The fourth-order valence-electron chi connectivity index (χ4n) is 6.77. The number of alkyl halides is 3. The first-order chi connectivity index (χ1) is 21.2. The van der Waals surface area contributed by atoms with Gasteiger partial charge in [-0.05, 0) is 77.0 Å². The number of halogens is 4. The van der Waals surface area contributed by atoms with Gasteiger partial charge in [0.15, 0.2) is 0 Å². The van der Waals surface area contributed by atoms with E-state index in [1.165, 1.54) is 5.69 Å². The minimum Gasteiger partial charge on any atom is -0.369 e. The van der Waals surface area contributed by atoms with Crippen molar-refractivity contribution in [3.05, 3.63) is 113 Å². The molecule has 0 saturated carbocycles. The van der Waals surface area contributed by atoms with Crippen molar-refractivity contribution in [2.24, 2.45) is 0 Å². The van der Waals surface area contributed by atoms with Gasteiger partial charge in [-0.25, -0.2) is 0 Å². The number of hydrogen-bond acceptors (Lipinski definition) is 3. The lowest BCUT2D eigenvalue weighted by molar-refractivity contribution is -0.141. The average Bonchev–Trinajstić information content (AvgIpc) is 3.33. The molecule has 4 aromatic carbocycles. The summed E-state index contributed by atoms with van der Waals surface area (Å²) in [5.41, 5.74) is 5.69. The first-order valence-electron chi connectivity index (χ1n) is 15.1. The Kier molecular flexibility index (Phi) is 8.70. The van der Waals surface area contributed by atoms with Gasteiger partial charge in [-0.3, -0.25) is 9.69 Å². The SMILES string of the molecule is O=C(NCC(F)(F)F)C1(CCCCN2CCN(c3ccc(-c4cccc(Cl)c4)cc3)CC2)c2ccccc2-c2ccccc21. The van der Waals surface area contributed by atoms with Crippen LogP contribution in [0, 0.1) is 0 Å². The van der Waals surface area contributed by atoms with E-state index in [2.05, 4.69) is 45.4 Å². The monoisotopic (exact) mass is 617 g/mol. The lowest BCUT2D eigenvalue weighted by Crippen LogP contribution is -2.47. The van der Waals surface area contributed by atoms with Crippen LogP contribution in [-0.2, 0) is 10.2 Å². The maximum atomic E-state index is 13.7. The molecule has 1 fully saturated rings. The lowest BCUT2D eigenvalue weighted by atomic mass is 9.73. The van der Waals surface area contributed by atoms with Gasteiger partial charge in [0, 0.05) is 36.9 Å². The molecule has 1 amide bonds. The molecule has 1 aliphatic carbocycles. The number of carbonyl (C=O) groups excluding carboxylic acids is 1. The zero-order chi connectivity index (χ0) is 30.7. The van der Waals surface area contributed by atoms with Gasteiger partial charge in [0.05, 0.1) is 0 Å². The molecule has 4 aromatic rings. The molecule has 0 spiro atoms. The Morgan fingerprint density at radius 1 is 0.773 bits per heavy atom. The van der Waals surface area contributed by atoms with Crippen molar-refractivity contribution in [3.63, 3.8) is 0 Å². The van der Waals surface area contributed by atoms with E-state index in [1.54, 1.807) is 0 Å². The van der Waals surface area contributed by atoms with E-state index in [1.807, 2.05) is 66.7 Å². The molecule has 1 N–H and O–H groups in total. The summed E-state index contributed by atoms with van der Waals surface area (Å²) in [5, 5.41) is 2.95. The summed E-state index contributed by atoms with van der Waals surface area (Å²) < 4.78 is 39.4. The first-order valence-corrected chi connectivity index (χ1v) is 15.5. The Morgan fingerprint density at radius 2 is 1.41 bits per heavy atom. The van der Waals surface area contributed by atoms with Gasteiger partial charge in [-0.1, -0.05) is 90.8 Å². The number of amides is 1. The number of piperazine rings is 1. The van der Waals surface area contributed by atoms with Gasteiger partial charge in [0.1, 0.15) is 12.0 Å². The van der Waals surface area contributed by atoms with Crippen LogP contribution < -0.4 is 10.2 Å². The average molecular weight is 618 g/mol. The maximum Gasteiger partial charge on any atom is 0.405 e. The van der Waals surface area contributed by atoms with Crippen molar-refractivity contribution >= 4 is 23.2 Å². The third kappa shape index (κ3) is 6.21. The topological polar surface area (TPSA) is 35.6 Å². The molecule has 4 nitrogen and oxygen atoms in total. The highest BCUT2D eigenvalue weighted by molar-refractivity contribution is 6.30. The van der Waals surface area contributed by atoms with Crippen molar-refractivity contribution in [2.75, 3.05) is 44.2 Å². The summed E-state index contributed by atoms with van der Waals surface area (Å²) in [4.78, 5) is 18.5. The lowest BCUT2D eigenvalue weighted by Gasteiger charge is -2.36. The number of anilines is 1. The van der Waals surface area contributed by atoms with Crippen LogP contribution in [0.25, 0.3) is 22.3 Å². The van der Waals surface area contributed by atoms with E-state index >= 15 is 0 Å². The quantitative estimate of drug-likeness (QED) is 0.194. The summed E-state index contributed by atoms with van der Waals surface area (Å²) in [5.74, 6) is -0.581. The number of carbonyl (C=O) groups is 1. The molecule has 1 saturated heterocycles. The second-order valence-electron chi connectivity index (χ2n) is 11.6. The largest absolute Gasteiger partial charge is 0.405 e. The van der Waals surface area contributed by atoms with Crippen LogP contribution in [-0.4, -0.2) is 56.3 Å². The second-order valence-corrected chi connectivity index (χ2v) is 12.1. The number of unbranched alkanes of at least 4 members (excludes halogenated alkanes) is 1. The minimum absolute atomic E-state index is 0.448. The molecule has 1 heterocycles. The molecule has 0 aromatic heterocycles. The predicted molar refractivity (Wildman–Crippen MR) is 171 cm³/mol. The van der Waals surface area contributed by atoms with Gasteiger partial charge < -0.3 is 10.2 Å². The maximum absolute atomic E-state index is 13.7. The fourth-order valence-corrected chi connectivity index (χ4v) is 6.96. The molecule has 0 bridgehead atoms. The summed E-state index contributed by atoms with van der Waals surface area (Å²) in [7, 11) is 0. The summed E-state index contributed by atoms with van der Waals surface area (Å²) >= 11 is 6.16. The third-order valence-corrected chi connectivity index (χ3v) is 9.17. The zero-order valence-electron chi connectivity index (χ0n) is 24.4. The number of nitrogens with zero attached hydrogens (tertiary/aromatic N) is 2. The van der Waals surface area contributed by atoms with E-state index in [0.29, 0.717) is 12.8 Å². The second kappa shape index (κ2) is 12.7. The Balaban J connectivity index is 1.08. The smallest absolute Gasteiger partial charge is 0.369 e. The van der Waals surface area contributed by atoms with Crippen LogP contribution in [0.4, 0.5) is 18.9 Å². The van der Waals surface area contributed by atoms with Crippen LogP contribution in [0.3, 0.4) is 0 Å². The summed E-state index contributed by atoms with van der Waals surface area (Å²) in [6, 6.07) is 31.7. The van der Waals surface area contributed by atoms with Crippen molar-refractivity contribution in [3.8, 4) is 22.3 Å². The first kappa shape index (κ1) is 30.2. The van der Waals surface area contributed by atoms with E-state index in [4.69, 9.17) is 11.6 Å². The number of nitrogens with one attached hydrogen (secondary N) is 1. The van der Waals surface area contributed by atoms with Gasteiger partial charge in [-0.15, -0.1) is 0 Å². The van der Waals surface area contributed by atoms with Gasteiger partial charge in [-0.2, -0.15) is 13.2 Å². The number of rotatable bonds is 9. The molecule has 2 aliphatic rings. The zero-order valence-corrected chi connectivity index (χ0v) is 25.2. The molecule has 228 valence electrons. The molecule has 6 rings (SSSR count). The normalized spacial score (nSPS) is 16.0. The highest BCUT2D eigenvalue weighted by Gasteiger charge is 2.49. The number of fused-ring (bicyclic) bond motifs is 3. The molecule has 8 heteroatoms. The third-order valence-electron chi connectivity index (χ3n) is 8.94. The Labute approximate surface area is 261 Å². The highest BCUT2D eigenvalue weighted by atomic mass is 35.5. The Bertz CT molecular complexity index is 1570. The molecule has 0 radical (unpaired) electrons. The van der Waals surface area contributed by atoms with Crippen molar-refractivity contribution in [1.29, 1.82) is 0 Å². The molecular formula is C36H35ClF3N3O. The predicted octanol–water partition coefficient (Wildman–Crippen LogP) is 7.94. The van der Waals surface area contributed by atoms with E-state index < -0.39 is 24.0 Å². The van der Waals surface area contributed by atoms with Crippen LogP contribution in [0.1, 0.15) is 30.4 Å². The highest BCUT2D eigenvalue weighted by Crippen LogP contribution is 2.51. The number of benzene rings is 4.